The normalized spacial score (nSPS) is 9.95. The molecule has 1 aromatic heterocycles. The number of aromatic nitrogens is 1. The highest BCUT2D eigenvalue weighted by Gasteiger charge is 2.03. The van der Waals surface area contributed by atoms with E-state index in [1.165, 1.54) is 0 Å². The number of ether oxygens (including phenoxy) is 1. The highest BCUT2D eigenvalue weighted by molar-refractivity contribution is 5.46. The molecule has 1 N–H and O–H groups in total. The summed E-state index contributed by atoms with van der Waals surface area (Å²) in [6.45, 7) is 2.85. The van der Waals surface area contributed by atoms with Crippen LogP contribution in [0.4, 0.5) is 0 Å². The summed E-state index contributed by atoms with van der Waals surface area (Å²) in [6.07, 6.45) is 0.664. The van der Waals surface area contributed by atoms with Gasteiger partial charge in [0.05, 0.1) is 17.9 Å². The van der Waals surface area contributed by atoms with E-state index < -0.39 is 0 Å². The van der Waals surface area contributed by atoms with Gasteiger partial charge in [-0.2, -0.15) is 0 Å². The number of nitrogens with zero attached hydrogens (tertiary/aromatic N) is 1. The molecule has 0 unspecified atom stereocenters. The predicted molar refractivity (Wildman–Crippen MR) is 72.7 cm³/mol. The fourth-order valence-corrected chi connectivity index (χ4v) is 1.73. The summed E-state index contributed by atoms with van der Waals surface area (Å²) in [5.74, 6) is 0.763. The van der Waals surface area contributed by atoms with E-state index in [1.54, 1.807) is 0 Å². The fraction of sp³-hybridized carbons (Fsp3) is 0.200. The molecule has 1 heterocycles. The van der Waals surface area contributed by atoms with E-state index >= 15 is 0 Å². The van der Waals surface area contributed by atoms with E-state index in [0.717, 1.165) is 22.7 Å². The lowest BCUT2D eigenvalue weighted by Gasteiger charge is -2.10. The minimum atomic E-state index is 0.434. The molecular weight excluding hydrogens is 240 g/mol. The monoisotopic (exact) mass is 256 g/mol. The third-order valence-electron chi connectivity index (χ3n) is 2.70. The first-order chi connectivity index (χ1) is 9.29. The number of aryl methyl sites for hydroxylation is 1. The zero-order chi connectivity index (χ0) is 13.5. The summed E-state index contributed by atoms with van der Waals surface area (Å²) >= 11 is 0. The van der Waals surface area contributed by atoms with Crippen LogP contribution in [0, 0.1) is 6.92 Å². The van der Waals surface area contributed by atoms with Crippen molar-refractivity contribution in [2.75, 3.05) is 0 Å². The number of amides is 1. The Balaban J connectivity index is 1.99. The van der Waals surface area contributed by atoms with Crippen molar-refractivity contribution in [1.82, 2.24) is 10.3 Å². The van der Waals surface area contributed by atoms with Crippen molar-refractivity contribution in [3.63, 3.8) is 0 Å². The lowest BCUT2D eigenvalue weighted by Crippen LogP contribution is -2.11. The lowest BCUT2D eigenvalue weighted by atomic mass is 10.2. The SMILES string of the molecule is Cc1nc(CNC=O)ccc1OCc1ccccc1. The molecule has 98 valence electrons. The van der Waals surface area contributed by atoms with Gasteiger partial charge in [0.1, 0.15) is 12.4 Å². The second-order valence-electron chi connectivity index (χ2n) is 4.16. The summed E-state index contributed by atoms with van der Waals surface area (Å²) in [5, 5.41) is 2.59. The van der Waals surface area contributed by atoms with Crippen LogP contribution in [-0.2, 0) is 17.9 Å². The van der Waals surface area contributed by atoms with Gasteiger partial charge in [0.2, 0.25) is 6.41 Å². The minimum Gasteiger partial charge on any atom is -0.487 e. The molecule has 4 nitrogen and oxygen atoms in total. The molecule has 1 aromatic carbocycles. The topological polar surface area (TPSA) is 51.2 Å². The zero-order valence-electron chi connectivity index (χ0n) is 10.8. The molecule has 0 spiro atoms. The molecule has 0 atom stereocenters. The number of carbonyl (C=O) groups excluding carboxylic acids is 1. The maximum Gasteiger partial charge on any atom is 0.207 e. The van der Waals surface area contributed by atoms with E-state index in [2.05, 4.69) is 10.3 Å². The van der Waals surface area contributed by atoms with E-state index in [4.69, 9.17) is 4.74 Å². The van der Waals surface area contributed by atoms with Gasteiger partial charge in [0.15, 0.2) is 0 Å². The number of pyridine rings is 1. The molecule has 4 heteroatoms. The van der Waals surface area contributed by atoms with Crippen LogP contribution in [0.1, 0.15) is 17.0 Å². The first-order valence-corrected chi connectivity index (χ1v) is 6.10. The Morgan fingerprint density at radius 2 is 2.00 bits per heavy atom. The molecule has 0 aliphatic heterocycles. The Kier molecular flexibility index (Phi) is 4.50. The van der Waals surface area contributed by atoms with Crippen LogP contribution in [0.2, 0.25) is 0 Å². The summed E-state index contributed by atoms with van der Waals surface area (Å²) in [5.41, 5.74) is 2.76. The van der Waals surface area contributed by atoms with Crippen molar-refractivity contribution in [2.45, 2.75) is 20.1 Å². The summed E-state index contributed by atoms with van der Waals surface area (Å²) in [4.78, 5) is 14.6. The summed E-state index contributed by atoms with van der Waals surface area (Å²) in [6, 6.07) is 13.7. The van der Waals surface area contributed by atoms with Gasteiger partial charge in [-0.3, -0.25) is 9.78 Å². The number of hydrogen-bond acceptors (Lipinski definition) is 3. The van der Waals surface area contributed by atoms with Crippen LogP contribution in [0.25, 0.3) is 0 Å². The van der Waals surface area contributed by atoms with Gasteiger partial charge in [0.25, 0.3) is 0 Å². The molecule has 0 saturated carbocycles. The molecule has 0 bridgehead atoms. The van der Waals surface area contributed by atoms with Crippen molar-refractivity contribution >= 4 is 6.41 Å². The highest BCUT2D eigenvalue weighted by Crippen LogP contribution is 2.17. The number of carbonyl (C=O) groups is 1. The number of hydrogen-bond donors (Lipinski definition) is 1. The van der Waals surface area contributed by atoms with E-state index in [9.17, 15) is 4.79 Å². The molecule has 0 radical (unpaired) electrons. The van der Waals surface area contributed by atoms with Crippen molar-refractivity contribution < 1.29 is 9.53 Å². The third kappa shape index (κ3) is 3.81. The van der Waals surface area contributed by atoms with E-state index in [-0.39, 0.29) is 0 Å². The van der Waals surface area contributed by atoms with Gasteiger partial charge in [-0.1, -0.05) is 30.3 Å². The van der Waals surface area contributed by atoms with Crippen LogP contribution >= 0.6 is 0 Å². The van der Waals surface area contributed by atoms with Crippen LogP contribution in [-0.4, -0.2) is 11.4 Å². The molecule has 2 aromatic rings. The third-order valence-corrected chi connectivity index (χ3v) is 2.70. The largest absolute Gasteiger partial charge is 0.487 e. The predicted octanol–water partition coefficient (Wildman–Crippen LogP) is 2.22. The van der Waals surface area contributed by atoms with Crippen molar-refractivity contribution in [3.8, 4) is 5.75 Å². The Morgan fingerprint density at radius 1 is 1.21 bits per heavy atom. The fourth-order valence-electron chi connectivity index (χ4n) is 1.73. The van der Waals surface area contributed by atoms with Gasteiger partial charge < -0.3 is 10.1 Å². The minimum absolute atomic E-state index is 0.434. The van der Waals surface area contributed by atoms with E-state index in [1.807, 2.05) is 49.4 Å². The quantitative estimate of drug-likeness (QED) is 0.806. The maximum atomic E-state index is 10.2. The molecule has 2 rings (SSSR count). The zero-order valence-corrected chi connectivity index (χ0v) is 10.8. The van der Waals surface area contributed by atoms with Crippen LogP contribution in [0.5, 0.6) is 5.75 Å². The first-order valence-electron chi connectivity index (χ1n) is 6.10. The van der Waals surface area contributed by atoms with Crippen LogP contribution in [0.15, 0.2) is 42.5 Å². The number of nitrogens with one attached hydrogen (secondary N) is 1. The molecule has 1 amide bonds. The molecule has 0 aliphatic rings. The highest BCUT2D eigenvalue weighted by atomic mass is 16.5. The smallest absolute Gasteiger partial charge is 0.207 e. The van der Waals surface area contributed by atoms with Crippen LogP contribution in [0.3, 0.4) is 0 Å². The van der Waals surface area contributed by atoms with Gasteiger partial charge in [0, 0.05) is 0 Å². The Morgan fingerprint density at radius 3 is 2.68 bits per heavy atom. The van der Waals surface area contributed by atoms with Gasteiger partial charge in [-0.25, -0.2) is 0 Å². The Hall–Kier alpha value is -2.36. The second-order valence-corrected chi connectivity index (χ2v) is 4.16. The van der Waals surface area contributed by atoms with Crippen molar-refractivity contribution in [3.05, 3.63) is 59.4 Å². The average molecular weight is 256 g/mol. The van der Waals surface area contributed by atoms with Gasteiger partial charge >= 0.3 is 0 Å². The molecule has 19 heavy (non-hydrogen) atoms. The first kappa shape index (κ1) is 13.1. The summed E-state index contributed by atoms with van der Waals surface area (Å²) in [7, 11) is 0. The lowest BCUT2D eigenvalue weighted by molar-refractivity contribution is -0.109. The van der Waals surface area contributed by atoms with E-state index in [0.29, 0.717) is 19.6 Å². The standard InChI is InChI=1S/C15H16N2O2/c1-12-15(8-7-14(17-12)9-16-11-18)19-10-13-5-3-2-4-6-13/h2-8,11H,9-10H2,1H3,(H,16,18). The Bertz CT molecular complexity index is 541. The van der Waals surface area contributed by atoms with Gasteiger partial charge in [-0.05, 0) is 24.6 Å². The van der Waals surface area contributed by atoms with Crippen molar-refractivity contribution in [1.29, 1.82) is 0 Å². The van der Waals surface area contributed by atoms with Crippen molar-refractivity contribution in [2.24, 2.45) is 0 Å². The molecule has 0 aliphatic carbocycles. The Labute approximate surface area is 112 Å². The molecule has 0 saturated heterocycles. The van der Waals surface area contributed by atoms with Crippen LogP contribution < -0.4 is 10.1 Å². The average Bonchev–Trinajstić information content (AvgIpc) is 2.45. The second kappa shape index (κ2) is 6.54. The number of benzene rings is 1. The molecular formula is C15H16N2O2. The number of rotatable bonds is 6. The van der Waals surface area contributed by atoms with Gasteiger partial charge in [-0.15, -0.1) is 0 Å². The maximum absolute atomic E-state index is 10.2. The molecule has 0 fully saturated rings. The summed E-state index contributed by atoms with van der Waals surface area (Å²) < 4.78 is 5.73.